The highest BCUT2D eigenvalue weighted by molar-refractivity contribution is 5.90. The van der Waals surface area contributed by atoms with E-state index in [1.165, 1.54) is 17.2 Å². The van der Waals surface area contributed by atoms with E-state index >= 15 is 4.39 Å². The van der Waals surface area contributed by atoms with Crippen LogP contribution in [0.5, 0.6) is 5.88 Å². The van der Waals surface area contributed by atoms with E-state index in [0.717, 1.165) is 0 Å². The van der Waals surface area contributed by atoms with Crippen molar-refractivity contribution in [2.75, 3.05) is 62.7 Å². The lowest BCUT2D eigenvalue weighted by atomic mass is 10.1. The van der Waals surface area contributed by atoms with Gasteiger partial charge >= 0.3 is 6.09 Å². The standard InChI is InChI=1S/C23H28FN5O6/c1-26-12-16(30)11-20(26)22(31)28-7-5-27(6-8-28)19-3-2-15(10-18(19)24)29-13-17(35-23(29)32)14-33-21-4-9-34-25-21/h2-4,9-10,16-17,20,30H,5-8,11-14H2,1H3/t16-,17-,20+/m1/s1. The Balaban J connectivity index is 1.17. The van der Waals surface area contributed by atoms with Gasteiger partial charge in [0, 0.05) is 38.8 Å². The first-order chi connectivity index (χ1) is 16.9. The number of β-amino-alcohol motifs (C(OH)–C–C–N with tert-alkyl or cyclic N) is 1. The molecule has 1 aromatic carbocycles. The third-order valence-corrected chi connectivity index (χ3v) is 6.69. The maximum Gasteiger partial charge on any atom is 0.414 e. The van der Waals surface area contributed by atoms with Crippen LogP contribution in [0, 0.1) is 5.82 Å². The van der Waals surface area contributed by atoms with Gasteiger partial charge in [-0.15, -0.1) is 0 Å². The Morgan fingerprint density at radius 2 is 2.03 bits per heavy atom. The topological polar surface area (TPSA) is 112 Å². The largest absolute Gasteiger partial charge is 0.471 e. The van der Waals surface area contributed by atoms with Crippen LogP contribution in [-0.4, -0.2) is 103 Å². The van der Waals surface area contributed by atoms with Gasteiger partial charge in [0.15, 0.2) is 6.10 Å². The number of rotatable bonds is 6. The Morgan fingerprint density at radius 3 is 2.69 bits per heavy atom. The second-order valence-electron chi connectivity index (χ2n) is 9.06. The molecule has 0 radical (unpaired) electrons. The lowest BCUT2D eigenvalue weighted by molar-refractivity contribution is -0.135. The molecule has 0 aliphatic carbocycles. The van der Waals surface area contributed by atoms with Crippen molar-refractivity contribution in [3.05, 3.63) is 36.3 Å². The SMILES string of the molecule is CN1C[C@H](O)C[C@H]1C(=O)N1CCN(c2ccc(N3C[C@H](COc4ccon4)OC3=O)cc2F)CC1. The summed E-state index contributed by atoms with van der Waals surface area (Å²) in [6.07, 6.45) is 0.251. The van der Waals surface area contributed by atoms with E-state index in [2.05, 4.69) is 5.16 Å². The number of benzene rings is 1. The quantitative estimate of drug-likeness (QED) is 0.633. The van der Waals surface area contributed by atoms with Crippen molar-refractivity contribution < 1.29 is 33.1 Å². The van der Waals surface area contributed by atoms with E-state index in [0.29, 0.717) is 56.4 Å². The molecule has 2 amide bonds. The molecule has 35 heavy (non-hydrogen) atoms. The zero-order valence-electron chi connectivity index (χ0n) is 19.4. The highest BCUT2D eigenvalue weighted by Gasteiger charge is 2.37. The molecular weight excluding hydrogens is 461 g/mol. The van der Waals surface area contributed by atoms with Crippen LogP contribution in [0.25, 0.3) is 0 Å². The van der Waals surface area contributed by atoms with E-state index in [4.69, 9.17) is 14.0 Å². The Morgan fingerprint density at radius 1 is 1.23 bits per heavy atom. The molecule has 0 saturated carbocycles. The molecule has 11 nitrogen and oxygen atoms in total. The number of cyclic esters (lactones) is 1. The molecule has 3 aliphatic heterocycles. The predicted octanol–water partition coefficient (Wildman–Crippen LogP) is 0.931. The fourth-order valence-corrected chi connectivity index (χ4v) is 4.83. The molecular formula is C23H28FN5O6. The Kier molecular flexibility index (Phi) is 6.48. The molecule has 3 atom stereocenters. The maximum atomic E-state index is 15.1. The van der Waals surface area contributed by atoms with E-state index in [9.17, 15) is 14.7 Å². The third-order valence-electron chi connectivity index (χ3n) is 6.69. The highest BCUT2D eigenvalue weighted by atomic mass is 19.1. The average Bonchev–Trinajstić information content (AvgIpc) is 3.57. The monoisotopic (exact) mass is 489 g/mol. The third kappa shape index (κ3) is 4.89. The van der Waals surface area contributed by atoms with E-state index < -0.39 is 24.1 Å². The number of likely N-dealkylation sites (N-methyl/N-ethyl adjacent to an activating group) is 1. The number of likely N-dealkylation sites (tertiary alicyclic amines) is 1. The molecule has 0 bridgehead atoms. The molecule has 3 fully saturated rings. The minimum atomic E-state index is -0.569. The first kappa shape index (κ1) is 23.4. The number of nitrogens with zero attached hydrogens (tertiary/aromatic N) is 5. The lowest BCUT2D eigenvalue weighted by Gasteiger charge is -2.38. The Hall–Kier alpha value is -3.38. The summed E-state index contributed by atoms with van der Waals surface area (Å²) in [5.74, 6) is -0.144. The maximum absolute atomic E-state index is 15.1. The van der Waals surface area contributed by atoms with Gasteiger partial charge in [-0.3, -0.25) is 14.6 Å². The number of aromatic nitrogens is 1. The van der Waals surface area contributed by atoms with Crippen molar-refractivity contribution in [1.82, 2.24) is 15.0 Å². The van der Waals surface area contributed by atoms with Gasteiger partial charge in [0.25, 0.3) is 5.88 Å². The summed E-state index contributed by atoms with van der Waals surface area (Å²) in [6.45, 7) is 2.77. The summed E-state index contributed by atoms with van der Waals surface area (Å²) in [6, 6.07) is 5.90. The van der Waals surface area contributed by atoms with Gasteiger partial charge in [-0.2, -0.15) is 0 Å². The van der Waals surface area contributed by atoms with Gasteiger partial charge in [-0.1, -0.05) is 0 Å². The molecule has 12 heteroatoms. The second kappa shape index (κ2) is 9.70. The van der Waals surface area contributed by atoms with Crippen LogP contribution in [0.15, 0.2) is 35.1 Å². The molecule has 5 rings (SSSR count). The number of halogens is 1. The molecule has 188 valence electrons. The molecule has 1 aromatic heterocycles. The molecule has 4 heterocycles. The molecule has 0 unspecified atom stereocenters. The number of amides is 2. The van der Waals surface area contributed by atoms with E-state index in [-0.39, 0.29) is 25.1 Å². The van der Waals surface area contributed by atoms with Gasteiger partial charge in [-0.25, -0.2) is 9.18 Å². The first-order valence-electron chi connectivity index (χ1n) is 11.6. The minimum Gasteiger partial charge on any atom is -0.471 e. The smallest absolute Gasteiger partial charge is 0.414 e. The minimum absolute atomic E-state index is 0.00847. The first-order valence-corrected chi connectivity index (χ1v) is 11.6. The van der Waals surface area contributed by atoms with Gasteiger partial charge in [-0.05, 0) is 36.8 Å². The number of aliphatic hydroxyl groups excluding tert-OH is 1. The number of anilines is 2. The molecule has 1 N–H and O–H groups in total. The Labute approximate surface area is 201 Å². The fourth-order valence-electron chi connectivity index (χ4n) is 4.83. The van der Waals surface area contributed by atoms with Gasteiger partial charge in [0.2, 0.25) is 5.91 Å². The summed E-state index contributed by atoms with van der Waals surface area (Å²) >= 11 is 0. The second-order valence-corrected chi connectivity index (χ2v) is 9.06. The van der Waals surface area contributed by atoms with Crippen LogP contribution in [0.1, 0.15) is 6.42 Å². The van der Waals surface area contributed by atoms with Crippen LogP contribution in [0.4, 0.5) is 20.6 Å². The summed E-state index contributed by atoms with van der Waals surface area (Å²) in [5.41, 5.74) is 0.824. The van der Waals surface area contributed by atoms with Crippen molar-refractivity contribution in [2.24, 2.45) is 0 Å². The van der Waals surface area contributed by atoms with Crippen LogP contribution < -0.4 is 14.5 Å². The number of ether oxygens (including phenoxy) is 2. The zero-order valence-corrected chi connectivity index (χ0v) is 19.4. The molecule has 3 saturated heterocycles. The molecule has 3 aliphatic rings. The van der Waals surface area contributed by atoms with Gasteiger partial charge in [0.1, 0.15) is 18.7 Å². The van der Waals surface area contributed by atoms with Gasteiger partial charge in [0.05, 0.1) is 30.1 Å². The zero-order chi connectivity index (χ0) is 24.5. The summed E-state index contributed by atoms with van der Waals surface area (Å²) in [5, 5.41) is 13.5. The summed E-state index contributed by atoms with van der Waals surface area (Å²) in [4.78, 5) is 32.1. The van der Waals surface area contributed by atoms with Crippen molar-refractivity contribution in [2.45, 2.75) is 24.7 Å². The summed E-state index contributed by atoms with van der Waals surface area (Å²) in [7, 11) is 1.84. The van der Waals surface area contributed by atoms with Crippen molar-refractivity contribution in [1.29, 1.82) is 0 Å². The Bertz CT molecular complexity index is 1060. The van der Waals surface area contributed by atoms with E-state index in [1.807, 2.05) is 16.8 Å². The normalized spacial score (nSPS) is 25.3. The lowest BCUT2D eigenvalue weighted by Crippen LogP contribution is -2.53. The summed E-state index contributed by atoms with van der Waals surface area (Å²) < 4.78 is 30.5. The number of piperazine rings is 1. The van der Waals surface area contributed by atoms with Crippen LogP contribution in [-0.2, 0) is 9.53 Å². The number of aliphatic hydroxyl groups is 1. The average molecular weight is 490 g/mol. The number of hydrogen-bond donors (Lipinski definition) is 1. The number of carbonyl (C=O) groups excluding carboxylic acids is 2. The van der Waals surface area contributed by atoms with Crippen molar-refractivity contribution in [3.63, 3.8) is 0 Å². The number of hydrogen-bond acceptors (Lipinski definition) is 9. The van der Waals surface area contributed by atoms with Crippen molar-refractivity contribution in [3.8, 4) is 5.88 Å². The number of carbonyl (C=O) groups is 2. The van der Waals surface area contributed by atoms with E-state index in [1.54, 1.807) is 23.1 Å². The molecule has 2 aromatic rings. The fraction of sp³-hybridized carbons (Fsp3) is 0.522. The van der Waals surface area contributed by atoms with Crippen LogP contribution >= 0.6 is 0 Å². The van der Waals surface area contributed by atoms with Crippen LogP contribution in [0.3, 0.4) is 0 Å². The van der Waals surface area contributed by atoms with Crippen molar-refractivity contribution >= 4 is 23.4 Å². The molecule has 0 spiro atoms. The van der Waals surface area contributed by atoms with Crippen LogP contribution in [0.2, 0.25) is 0 Å². The highest BCUT2D eigenvalue weighted by Crippen LogP contribution is 2.29. The predicted molar refractivity (Wildman–Crippen MR) is 122 cm³/mol. The van der Waals surface area contributed by atoms with Gasteiger partial charge < -0.3 is 28.9 Å².